The summed E-state index contributed by atoms with van der Waals surface area (Å²) >= 11 is 0. The lowest BCUT2D eigenvalue weighted by atomic mass is 10.2. The van der Waals surface area contributed by atoms with Crippen molar-refractivity contribution in [2.75, 3.05) is 44.7 Å². The fourth-order valence-corrected chi connectivity index (χ4v) is 4.71. The first-order valence-corrected chi connectivity index (χ1v) is 10.4. The van der Waals surface area contributed by atoms with Crippen LogP contribution in [0.3, 0.4) is 0 Å². The highest BCUT2D eigenvalue weighted by Gasteiger charge is 2.31. The monoisotopic (exact) mass is 398 g/mol. The molecule has 1 saturated heterocycles. The standard InChI is InChI=1S/C20H22N4O3S/c1-22(18-8-3-2-4-9-18)20(25)16-23-11-13-24(14-12-23)28(26,27)19-10-6-5-7-17(19)15-21/h2-10H,11-14,16H2,1H3. The molecule has 0 N–H and O–H groups in total. The van der Waals surface area contributed by atoms with Gasteiger partial charge in [-0.3, -0.25) is 9.69 Å². The number of likely N-dealkylation sites (N-methyl/N-ethyl adjacent to an activating group) is 1. The minimum absolute atomic E-state index is 0.0332. The topological polar surface area (TPSA) is 84.7 Å². The second kappa shape index (κ2) is 8.52. The summed E-state index contributed by atoms with van der Waals surface area (Å²) in [5.74, 6) is -0.0441. The molecule has 0 atom stereocenters. The summed E-state index contributed by atoms with van der Waals surface area (Å²) in [6, 6.07) is 17.5. The summed E-state index contributed by atoms with van der Waals surface area (Å²) in [7, 11) is -1.99. The lowest BCUT2D eigenvalue weighted by Gasteiger charge is -2.34. The predicted molar refractivity (Wildman–Crippen MR) is 106 cm³/mol. The first-order valence-electron chi connectivity index (χ1n) is 8.96. The molecule has 28 heavy (non-hydrogen) atoms. The number of carbonyl (C=O) groups is 1. The van der Waals surface area contributed by atoms with Gasteiger partial charge in [0.2, 0.25) is 15.9 Å². The van der Waals surface area contributed by atoms with Gasteiger partial charge >= 0.3 is 0 Å². The number of nitrogens with zero attached hydrogens (tertiary/aromatic N) is 4. The Morgan fingerprint density at radius 2 is 1.64 bits per heavy atom. The van der Waals surface area contributed by atoms with Crippen LogP contribution in [0.2, 0.25) is 0 Å². The lowest BCUT2D eigenvalue weighted by Crippen LogP contribution is -2.51. The first kappa shape index (κ1) is 20.0. The number of nitriles is 1. The number of para-hydroxylation sites is 1. The SMILES string of the molecule is CN(C(=O)CN1CCN(S(=O)(=O)c2ccccc2C#N)CC1)c1ccccc1. The first-order chi connectivity index (χ1) is 13.4. The minimum atomic E-state index is -3.73. The molecule has 8 heteroatoms. The Labute approximate surface area is 165 Å². The summed E-state index contributed by atoms with van der Waals surface area (Å²) in [5.41, 5.74) is 0.964. The number of benzene rings is 2. The highest BCUT2D eigenvalue weighted by atomic mass is 32.2. The maximum Gasteiger partial charge on any atom is 0.244 e. The van der Waals surface area contributed by atoms with Gasteiger partial charge in [-0.1, -0.05) is 30.3 Å². The van der Waals surface area contributed by atoms with Crippen LogP contribution in [0.1, 0.15) is 5.56 Å². The van der Waals surface area contributed by atoms with E-state index in [-0.39, 0.29) is 36.0 Å². The van der Waals surface area contributed by atoms with Crippen molar-refractivity contribution in [3.8, 4) is 6.07 Å². The van der Waals surface area contributed by atoms with Gasteiger partial charge in [-0.2, -0.15) is 9.57 Å². The van der Waals surface area contributed by atoms with Crippen molar-refractivity contribution in [2.45, 2.75) is 4.90 Å². The van der Waals surface area contributed by atoms with Crippen molar-refractivity contribution in [1.82, 2.24) is 9.21 Å². The van der Waals surface area contributed by atoms with Gasteiger partial charge in [-0.05, 0) is 24.3 Å². The predicted octanol–water partition coefficient (Wildman–Crippen LogP) is 1.53. The van der Waals surface area contributed by atoms with Crippen LogP contribution in [0, 0.1) is 11.3 Å². The smallest absolute Gasteiger partial charge is 0.244 e. The number of piperazine rings is 1. The van der Waals surface area contributed by atoms with Gasteiger partial charge in [0, 0.05) is 38.9 Å². The molecular weight excluding hydrogens is 376 g/mol. The molecule has 1 aliphatic rings. The van der Waals surface area contributed by atoms with Gasteiger partial charge in [0.15, 0.2) is 0 Å². The van der Waals surface area contributed by atoms with Gasteiger partial charge < -0.3 is 4.90 Å². The Morgan fingerprint density at radius 1 is 1.04 bits per heavy atom. The minimum Gasteiger partial charge on any atom is -0.314 e. The van der Waals surface area contributed by atoms with Crippen LogP contribution in [-0.2, 0) is 14.8 Å². The number of hydrogen-bond acceptors (Lipinski definition) is 5. The van der Waals surface area contributed by atoms with Crippen molar-refractivity contribution in [2.24, 2.45) is 0 Å². The maximum absolute atomic E-state index is 12.9. The van der Waals surface area contributed by atoms with E-state index in [1.807, 2.05) is 41.3 Å². The van der Waals surface area contributed by atoms with E-state index in [0.29, 0.717) is 13.1 Å². The summed E-state index contributed by atoms with van der Waals surface area (Å²) in [6.07, 6.45) is 0. The van der Waals surface area contributed by atoms with Crippen LogP contribution in [0.25, 0.3) is 0 Å². The molecule has 3 rings (SSSR count). The molecule has 0 aliphatic carbocycles. The van der Waals surface area contributed by atoms with Crippen LogP contribution in [-0.4, -0.2) is 63.3 Å². The molecule has 146 valence electrons. The molecule has 0 radical (unpaired) electrons. The maximum atomic E-state index is 12.9. The fourth-order valence-electron chi connectivity index (χ4n) is 3.14. The van der Waals surface area contributed by atoms with Gasteiger partial charge in [0.05, 0.1) is 17.0 Å². The Bertz CT molecular complexity index is 978. The molecule has 1 fully saturated rings. The number of carbonyl (C=O) groups excluding carboxylic acids is 1. The molecule has 1 aliphatic heterocycles. The number of amides is 1. The van der Waals surface area contributed by atoms with Gasteiger partial charge in [-0.25, -0.2) is 8.42 Å². The van der Waals surface area contributed by atoms with E-state index in [1.165, 1.54) is 16.4 Å². The molecule has 7 nitrogen and oxygen atoms in total. The third-order valence-electron chi connectivity index (χ3n) is 4.83. The van der Waals surface area contributed by atoms with Crippen LogP contribution >= 0.6 is 0 Å². The molecule has 1 heterocycles. The van der Waals surface area contributed by atoms with Crippen LogP contribution in [0.15, 0.2) is 59.5 Å². The van der Waals surface area contributed by atoms with Crippen LogP contribution in [0.4, 0.5) is 5.69 Å². The molecule has 0 aromatic heterocycles. The average Bonchev–Trinajstić information content (AvgIpc) is 2.74. The van der Waals surface area contributed by atoms with E-state index >= 15 is 0 Å². The van der Waals surface area contributed by atoms with E-state index in [2.05, 4.69) is 0 Å². The molecule has 0 bridgehead atoms. The zero-order valence-electron chi connectivity index (χ0n) is 15.7. The van der Waals surface area contributed by atoms with E-state index in [9.17, 15) is 18.5 Å². The van der Waals surface area contributed by atoms with Crippen molar-refractivity contribution in [1.29, 1.82) is 5.26 Å². The molecule has 2 aromatic carbocycles. The van der Waals surface area contributed by atoms with Crippen molar-refractivity contribution >= 4 is 21.6 Å². The lowest BCUT2D eigenvalue weighted by molar-refractivity contribution is -0.119. The summed E-state index contributed by atoms with van der Waals surface area (Å²) < 4.78 is 27.1. The second-order valence-electron chi connectivity index (χ2n) is 6.58. The van der Waals surface area contributed by atoms with E-state index in [1.54, 1.807) is 24.1 Å². The average molecular weight is 398 g/mol. The van der Waals surface area contributed by atoms with Crippen molar-refractivity contribution in [3.05, 3.63) is 60.2 Å². The van der Waals surface area contributed by atoms with Gasteiger partial charge in [0.25, 0.3) is 0 Å². The number of sulfonamides is 1. The Balaban J connectivity index is 1.61. The van der Waals surface area contributed by atoms with Crippen LogP contribution in [0.5, 0.6) is 0 Å². The van der Waals surface area contributed by atoms with E-state index in [4.69, 9.17) is 0 Å². The van der Waals surface area contributed by atoms with Gasteiger partial charge in [0.1, 0.15) is 6.07 Å². The summed E-state index contributed by atoms with van der Waals surface area (Å²) in [4.78, 5) is 16.1. The second-order valence-corrected chi connectivity index (χ2v) is 8.48. The normalized spacial score (nSPS) is 15.7. The Morgan fingerprint density at radius 3 is 2.29 bits per heavy atom. The summed E-state index contributed by atoms with van der Waals surface area (Å²) in [6.45, 7) is 1.72. The quantitative estimate of drug-likeness (QED) is 0.763. The Hall–Kier alpha value is -2.73. The molecule has 2 aromatic rings. The zero-order chi connectivity index (χ0) is 20.1. The van der Waals surface area contributed by atoms with Crippen molar-refractivity contribution in [3.63, 3.8) is 0 Å². The zero-order valence-corrected chi connectivity index (χ0v) is 16.5. The largest absolute Gasteiger partial charge is 0.314 e. The van der Waals surface area contributed by atoms with Gasteiger partial charge in [-0.15, -0.1) is 0 Å². The highest BCUT2D eigenvalue weighted by molar-refractivity contribution is 7.89. The number of anilines is 1. The van der Waals surface area contributed by atoms with Crippen molar-refractivity contribution < 1.29 is 13.2 Å². The summed E-state index contributed by atoms with van der Waals surface area (Å²) in [5, 5.41) is 9.18. The third kappa shape index (κ3) is 4.22. The molecule has 0 saturated carbocycles. The molecule has 0 unspecified atom stereocenters. The van der Waals surface area contributed by atoms with E-state index in [0.717, 1.165) is 5.69 Å². The molecule has 0 spiro atoms. The fraction of sp³-hybridized carbons (Fsp3) is 0.300. The Kier molecular flexibility index (Phi) is 6.09. The number of rotatable bonds is 5. The van der Waals surface area contributed by atoms with Crippen LogP contribution < -0.4 is 4.90 Å². The third-order valence-corrected chi connectivity index (χ3v) is 6.79. The van der Waals surface area contributed by atoms with E-state index < -0.39 is 10.0 Å². The molecular formula is C20H22N4O3S. The number of hydrogen-bond donors (Lipinski definition) is 0. The highest BCUT2D eigenvalue weighted by Crippen LogP contribution is 2.21. The molecule has 1 amide bonds.